The van der Waals surface area contributed by atoms with Crippen LogP contribution in [0.2, 0.25) is 0 Å². The Bertz CT molecular complexity index is 470. The SMILES string of the molecule is Cc1ccc(C(=O)NC2CCN(C(=O)CN)C2)cc1. The second-order valence-corrected chi connectivity index (χ2v) is 4.87. The monoisotopic (exact) mass is 261 g/mol. The molecule has 2 rings (SSSR count). The van der Waals surface area contributed by atoms with Crippen molar-refractivity contribution in [3.63, 3.8) is 0 Å². The summed E-state index contributed by atoms with van der Waals surface area (Å²) in [5.41, 5.74) is 7.09. The summed E-state index contributed by atoms with van der Waals surface area (Å²) in [5.74, 6) is -0.154. The van der Waals surface area contributed by atoms with Gasteiger partial charge >= 0.3 is 0 Å². The van der Waals surface area contributed by atoms with Gasteiger partial charge in [0.15, 0.2) is 0 Å². The first-order valence-electron chi connectivity index (χ1n) is 6.45. The molecule has 1 fully saturated rings. The van der Waals surface area contributed by atoms with Gasteiger partial charge in [-0.05, 0) is 25.5 Å². The van der Waals surface area contributed by atoms with Gasteiger partial charge in [0, 0.05) is 24.7 Å². The third-order valence-corrected chi connectivity index (χ3v) is 3.36. The van der Waals surface area contributed by atoms with Crippen LogP contribution in [0.3, 0.4) is 0 Å². The standard InChI is InChI=1S/C14H19N3O2/c1-10-2-4-11(5-3-10)14(19)16-12-6-7-17(9-12)13(18)8-15/h2-5,12H,6-9,15H2,1H3,(H,16,19). The Morgan fingerprint density at radius 1 is 1.37 bits per heavy atom. The highest BCUT2D eigenvalue weighted by atomic mass is 16.2. The van der Waals surface area contributed by atoms with Crippen LogP contribution < -0.4 is 11.1 Å². The van der Waals surface area contributed by atoms with Crippen molar-refractivity contribution in [2.45, 2.75) is 19.4 Å². The Morgan fingerprint density at radius 2 is 2.05 bits per heavy atom. The molecule has 0 spiro atoms. The fourth-order valence-electron chi connectivity index (χ4n) is 2.21. The number of nitrogens with two attached hydrogens (primary N) is 1. The Morgan fingerprint density at radius 3 is 2.68 bits per heavy atom. The summed E-state index contributed by atoms with van der Waals surface area (Å²) in [6, 6.07) is 7.45. The van der Waals surface area contributed by atoms with Gasteiger partial charge in [-0.3, -0.25) is 9.59 Å². The van der Waals surface area contributed by atoms with E-state index in [9.17, 15) is 9.59 Å². The molecule has 1 heterocycles. The number of aryl methyl sites for hydroxylation is 1. The summed E-state index contributed by atoms with van der Waals surface area (Å²) >= 11 is 0. The number of hydrogen-bond donors (Lipinski definition) is 2. The number of nitrogens with one attached hydrogen (secondary N) is 1. The smallest absolute Gasteiger partial charge is 0.251 e. The van der Waals surface area contributed by atoms with Crippen LogP contribution in [0.25, 0.3) is 0 Å². The van der Waals surface area contributed by atoms with E-state index in [2.05, 4.69) is 5.32 Å². The van der Waals surface area contributed by atoms with Crippen LogP contribution in [-0.4, -0.2) is 42.4 Å². The highest BCUT2D eigenvalue weighted by Gasteiger charge is 2.26. The Labute approximate surface area is 112 Å². The minimum Gasteiger partial charge on any atom is -0.347 e. The highest BCUT2D eigenvalue weighted by molar-refractivity contribution is 5.94. The van der Waals surface area contributed by atoms with Gasteiger partial charge in [-0.15, -0.1) is 0 Å². The molecule has 3 N–H and O–H groups in total. The quantitative estimate of drug-likeness (QED) is 0.821. The van der Waals surface area contributed by atoms with Crippen molar-refractivity contribution in [1.82, 2.24) is 10.2 Å². The molecular weight excluding hydrogens is 242 g/mol. The van der Waals surface area contributed by atoms with E-state index in [0.29, 0.717) is 18.7 Å². The van der Waals surface area contributed by atoms with Crippen molar-refractivity contribution in [1.29, 1.82) is 0 Å². The lowest BCUT2D eigenvalue weighted by Crippen LogP contribution is -2.40. The van der Waals surface area contributed by atoms with E-state index in [-0.39, 0.29) is 24.4 Å². The van der Waals surface area contributed by atoms with Crippen molar-refractivity contribution in [2.24, 2.45) is 5.73 Å². The first kappa shape index (κ1) is 13.5. The van der Waals surface area contributed by atoms with E-state index in [1.165, 1.54) is 0 Å². The summed E-state index contributed by atoms with van der Waals surface area (Å²) in [4.78, 5) is 25.2. The molecule has 0 aromatic heterocycles. The molecule has 0 saturated carbocycles. The number of rotatable bonds is 3. The van der Waals surface area contributed by atoms with Crippen molar-refractivity contribution in [2.75, 3.05) is 19.6 Å². The zero-order valence-corrected chi connectivity index (χ0v) is 11.1. The topological polar surface area (TPSA) is 75.4 Å². The lowest BCUT2D eigenvalue weighted by Gasteiger charge is -2.16. The molecule has 5 heteroatoms. The van der Waals surface area contributed by atoms with Gasteiger partial charge in [0.25, 0.3) is 5.91 Å². The Balaban J connectivity index is 1.90. The first-order valence-corrected chi connectivity index (χ1v) is 6.45. The van der Waals surface area contributed by atoms with Gasteiger partial charge in [-0.1, -0.05) is 17.7 Å². The largest absolute Gasteiger partial charge is 0.347 e. The van der Waals surface area contributed by atoms with Crippen LogP contribution in [0.1, 0.15) is 22.3 Å². The number of carbonyl (C=O) groups excluding carboxylic acids is 2. The maximum atomic E-state index is 12.0. The zero-order chi connectivity index (χ0) is 13.8. The van der Waals surface area contributed by atoms with Crippen LogP contribution in [0.15, 0.2) is 24.3 Å². The molecule has 1 atom stereocenters. The van der Waals surface area contributed by atoms with Crippen LogP contribution >= 0.6 is 0 Å². The fraction of sp³-hybridized carbons (Fsp3) is 0.429. The van der Waals surface area contributed by atoms with Gasteiger partial charge in [-0.2, -0.15) is 0 Å². The number of amides is 2. The lowest BCUT2D eigenvalue weighted by molar-refractivity contribution is -0.128. The highest BCUT2D eigenvalue weighted by Crippen LogP contribution is 2.10. The fourth-order valence-corrected chi connectivity index (χ4v) is 2.21. The molecule has 1 aliphatic heterocycles. The number of hydrogen-bond acceptors (Lipinski definition) is 3. The molecule has 1 aromatic rings. The second-order valence-electron chi connectivity index (χ2n) is 4.87. The molecule has 1 aromatic carbocycles. The van der Waals surface area contributed by atoms with Crippen LogP contribution in [0.5, 0.6) is 0 Å². The van der Waals surface area contributed by atoms with E-state index in [0.717, 1.165) is 12.0 Å². The van der Waals surface area contributed by atoms with E-state index < -0.39 is 0 Å². The van der Waals surface area contributed by atoms with Crippen LogP contribution in [0.4, 0.5) is 0 Å². The molecule has 1 saturated heterocycles. The number of benzene rings is 1. The Hall–Kier alpha value is -1.88. The average molecular weight is 261 g/mol. The van der Waals surface area contributed by atoms with Gasteiger partial charge < -0.3 is 16.0 Å². The number of carbonyl (C=O) groups is 2. The molecule has 0 bridgehead atoms. The van der Waals surface area contributed by atoms with Crippen molar-refractivity contribution in [3.05, 3.63) is 35.4 Å². The molecule has 1 aliphatic rings. The molecular formula is C14H19N3O2. The van der Waals surface area contributed by atoms with Gasteiger partial charge in [0.1, 0.15) is 0 Å². The second kappa shape index (κ2) is 5.84. The minimum atomic E-state index is -0.0907. The summed E-state index contributed by atoms with van der Waals surface area (Å²) in [6.45, 7) is 3.22. The van der Waals surface area contributed by atoms with Crippen molar-refractivity contribution < 1.29 is 9.59 Å². The summed E-state index contributed by atoms with van der Waals surface area (Å²) in [5, 5.41) is 2.95. The van der Waals surface area contributed by atoms with Gasteiger partial charge in [0.2, 0.25) is 5.91 Å². The molecule has 2 amide bonds. The van der Waals surface area contributed by atoms with E-state index in [1.54, 1.807) is 4.90 Å². The summed E-state index contributed by atoms with van der Waals surface area (Å²) in [7, 11) is 0. The predicted octanol–water partition coefficient (Wildman–Crippen LogP) is 0.284. The van der Waals surface area contributed by atoms with Crippen LogP contribution in [0, 0.1) is 6.92 Å². The molecule has 1 unspecified atom stereocenters. The summed E-state index contributed by atoms with van der Waals surface area (Å²) in [6.07, 6.45) is 0.781. The van der Waals surface area contributed by atoms with E-state index >= 15 is 0 Å². The average Bonchev–Trinajstić information content (AvgIpc) is 2.87. The third-order valence-electron chi connectivity index (χ3n) is 3.36. The van der Waals surface area contributed by atoms with Crippen molar-refractivity contribution in [3.8, 4) is 0 Å². The predicted molar refractivity (Wildman–Crippen MR) is 72.7 cm³/mol. The Kier molecular flexibility index (Phi) is 4.16. The zero-order valence-electron chi connectivity index (χ0n) is 11.1. The maximum absolute atomic E-state index is 12.0. The number of likely N-dealkylation sites (tertiary alicyclic amines) is 1. The van der Waals surface area contributed by atoms with Gasteiger partial charge in [0.05, 0.1) is 6.54 Å². The lowest BCUT2D eigenvalue weighted by atomic mass is 10.1. The van der Waals surface area contributed by atoms with Crippen molar-refractivity contribution >= 4 is 11.8 Å². The van der Waals surface area contributed by atoms with Gasteiger partial charge in [-0.25, -0.2) is 0 Å². The molecule has 102 valence electrons. The first-order chi connectivity index (χ1) is 9.10. The normalized spacial score (nSPS) is 18.4. The molecule has 0 radical (unpaired) electrons. The van der Waals surface area contributed by atoms with Crippen LogP contribution in [-0.2, 0) is 4.79 Å². The molecule has 19 heavy (non-hydrogen) atoms. The molecule has 0 aliphatic carbocycles. The van der Waals surface area contributed by atoms with E-state index in [1.807, 2.05) is 31.2 Å². The van der Waals surface area contributed by atoms with E-state index in [4.69, 9.17) is 5.73 Å². The minimum absolute atomic E-state index is 0.0179. The third kappa shape index (κ3) is 3.32. The molecule has 5 nitrogen and oxygen atoms in total. The maximum Gasteiger partial charge on any atom is 0.251 e. The summed E-state index contributed by atoms with van der Waals surface area (Å²) < 4.78 is 0. The number of nitrogens with zero attached hydrogens (tertiary/aromatic N) is 1.